The third-order valence-corrected chi connectivity index (χ3v) is 9.45. The molecule has 5 heteroatoms. The fraction of sp³-hybridized carbons (Fsp3) is 0.500. The van der Waals surface area contributed by atoms with Gasteiger partial charge in [0.05, 0.1) is 12.5 Å². The van der Waals surface area contributed by atoms with Gasteiger partial charge in [-0.25, -0.2) is 0 Å². The van der Waals surface area contributed by atoms with E-state index in [1.807, 2.05) is 37.3 Å². The van der Waals surface area contributed by atoms with Gasteiger partial charge in [-0.2, -0.15) is 0 Å². The first kappa shape index (κ1) is 21.0. The van der Waals surface area contributed by atoms with Crippen molar-refractivity contribution in [2.75, 3.05) is 19.4 Å². The first-order valence-electron chi connectivity index (χ1n) is 11.5. The van der Waals surface area contributed by atoms with E-state index >= 15 is 0 Å². The van der Waals surface area contributed by atoms with Gasteiger partial charge in [-0.05, 0) is 73.6 Å². The summed E-state index contributed by atoms with van der Waals surface area (Å²) in [5, 5.41) is 0. The van der Waals surface area contributed by atoms with Crippen LogP contribution in [0.15, 0.2) is 59.5 Å². The number of esters is 1. The van der Waals surface area contributed by atoms with E-state index in [2.05, 4.69) is 36.2 Å². The van der Waals surface area contributed by atoms with Gasteiger partial charge >= 0.3 is 5.97 Å². The number of likely N-dealkylation sites (N-methyl/N-ethyl adjacent to an activating group) is 1. The van der Waals surface area contributed by atoms with Gasteiger partial charge in [0, 0.05) is 23.9 Å². The van der Waals surface area contributed by atoms with E-state index in [0.29, 0.717) is 24.3 Å². The van der Waals surface area contributed by atoms with Gasteiger partial charge in [0.15, 0.2) is 4.90 Å². The molecule has 4 nitrogen and oxygen atoms in total. The molecule has 31 heavy (non-hydrogen) atoms. The summed E-state index contributed by atoms with van der Waals surface area (Å²) in [7, 11) is 2.19. The summed E-state index contributed by atoms with van der Waals surface area (Å²) in [4.78, 5) is 16.1. The van der Waals surface area contributed by atoms with Crippen molar-refractivity contribution < 1.29 is 14.1 Å². The number of carbonyl (C=O) groups is 1. The normalized spacial score (nSPS) is 32.4. The number of carbonyl (C=O) groups excluding carboxylic acids is 1. The third-order valence-electron chi connectivity index (χ3n) is 8.08. The van der Waals surface area contributed by atoms with Crippen LogP contribution < -0.4 is 0 Å². The number of benzene rings is 2. The van der Waals surface area contributed by atoms with Crippen molar-refractivity contribution in [2.24, 2.45) is 11.8 Å². The van der Waals surface area contributed by atoms with Gasteiger partial charge in [-0.3, -0.25) is 9.69 Å². The Hall–Kier alpha value is -1.82. The van der Waals surface area contributed by atoms with Crippen LogP contribution in [0.3, 0.4) is 0 Å². The predicted octanol–water partition coefficient (Wildman–Crippen LogP) is 3.95. The van der Waals surface area contributed by atoms with E-state index < -0.39 is 11.2 Å². The van der Waals surface area contributed by atoms with Gasteiger partial charge in [0.1, 0.15) is 5.75 Å². The molecule has 2 aromatic rings. The Labute approximate surface area is 188 Å². The van der Waals surface area contributed by atoms with Crippen LogP contribution in [0, 0.1) is 11.8 Å². The molecule has 2 aromatic carbocycles. The minimum atomic E-state index is -1.01. The number of hydrogen-bond acceptors (Lipinski definition) is 4. The lowest BCUT2D eigenvalue weighted by molar-refractivity contribution is -0.165. The lowest BCUT2D eigenvalue weighted by Gasteiger charge is -2.64. The Kier molecular flexibility index (Phi) is 5.61. The molecule has 0 spiro atoms. The van der Waals surface area contributed by atoms with E-state index in [4.69, 9.17) is 4.74 Å². The van der Waals surface area contributed by atoms with E-state index in [1.54, 1.807) is 0 Å². The maximum absolute atomic E-state index is 13.1. The second-order valence-electron chi connectivity index (χ2n) is 9.34. The highest BCUT2D eigenvalue weighted by Crippen LogP contribution is 2.59. The Morgan fingerprint density at radius 1 is 1.16 bits per heavy atom. The lowest BCUT2D eigenvalue weighted by Crippen LogP contribution is -2.69. The first-order chi connectivity index (χ1) is 15.0. The molecule has 4 bridgehead atoms. The van der Waals surface area contributed by atoms with Crippen LogP contribution >= 0.6 is 0 Å². The van der Waals surface area contributed by atoms with Gasteiger partial charge < -0.3 is 9.29 Å². The minimum absolute atomic E-state index is 0.00980. The summed E-state index contributed by atoms with van der Waals surface area (Å²) in [6.45, 7) is 2.32. The summed E-state index contributed by atoms with van der Waals surface area (Å²) in [6.07, 6.45) is 3.75. The van der Waals surface area contributed by atoms with Crippen molar-refractivity contribution in [1.82, 2.24) is 4.90 Å². The number of ether oxygens (including phenoxy) is 1. The summed E-state index contributed by atoms with van der Waals surface area (Å²) >= 11 is -1.01. The Balaban J connectivity index is 1.49. The fourth-order valence-electron chi connectivity index (χ4n) is 6.70. The zero-order valence-corrected chi connectivity index (χ0v) is 19.1. The van der Waals surface area contributed by atoms with E-state index in [1.165, 1.54) is 11.1 Å². The predicted molar refractivity (Wildman–Crippen MR) is 122 cm³/mol. The second kappa shape index (κ2) is 8.27. The highest BCUT2D eigenvalue weighted by molar-refractivity contribution is 7.91. The molecule has 0 radical (unpaired) electrons. The Morgan fingerprint density at radius 2 is 1.90 bits per heavy atom. The second-order valence-corrected chi connectivity index (χ2v) is 10.9. The molecule has 1 saturated carbocycles. The van der Waals surface area contributed by atoms with Crippen molar-refractivity contribution in [3.8, 4) is 0 Å². The molecule has 4 aliphatic rings. The molecule has 164 valence electrons. The molecule has 0 amide bonds. The van der Waals surface area contributed by atoms with Crippen LogP contribution in [-0.4, -0.2) is 46.9 Å². The van der Waals surface area contributed by atoms with Crippen molar-refractivity contribution in [3.63, 3.8) is 0 Å². The number of hydrogen-bond donors (Lipinski definition) is 0. The summed E-state index contributed by atoms with van der Waals surface area (Å²) < 4.78 is 18.6. The minimum Gasteiger partial charge on any atom is -0.611 e. The molecule has 6 rings (SSSR count). The maximum Gasteiger partial charge on any atom is 0.310 e. The monoisotopic (exact) mass is 437 g/mol. The van der Waals surface area contributed by atoms with E-state index in [-0.39, 0.29) is 23.3 Å². The number of piperidine rings is 2. The molecule has 6 atom stereocenters. The van der Waals surface area contributed by atoms with Gasteiger partial charge in [0.2, 0.25) is 0 Å². The van der Waals surface area contributed by atoms with Gasteiger partial charge in [-0.1, -0.05) is 42.5 Å². The molecule has 2 aliphatic carbocycles. The van der Waals surface area contributed by atoms with Crippen molar-refractivity contribution >= 4 is 17.1 Å². The van der Waals surface area contributed by atoms with Crippen LogP contribution in [0.4, 0.5) is 0 Å². The lowest BCUT2D eigenvalue weighted by atomic mass is 9.48. The zero-order valence-electron chi connectivity index (χ0n) is 18.3. The van der Waals surface area contributed by atoms with E-state index in [9.17, 15) is 9.35 Å². The van der Waals surface area contributed by atoms with Crippen LogP contribution in [-0.2, 0) is 32.5 Å². The molecule has 5 unspecified atom stereocenters. The average molecular weight is 438 g/mol. The summed E-state index contributed by atoms with van der Waals surface area (Å²) in [5.74, 6) is 0.948. The number of fused-ring (bicyclic) bond motifs is 2. The molecule has 0 aromatic heterocycles. The van der Waals surface area contributed by atoms with Gasteiger partial charge in [-0.15, -0.1) is 0 Å². The SMILES string of the molecule is CCOC(=O)C1CC2C3Cc4ccccc4[C@@]2(CC[S+]([O-])c2ccccc2)CC1N3C. The molecule has 2 aliphatic heterocycles. The van der Waals surface area contributed by atoms with E-state index in [0.717, 1.165) is 30.6 Å². The molecule has 2 saturated heterocycles. The largest absolute Gasteiger partial charge is 0.611 e. The first-order valence-corrected chi connectivity index (χ1v) is 12.8. The van der Waals surface area contributed by atoms with Crippen molar-refractivity contribution in [2.45, 2.75) is 55.0 Å². The van der Waals surface area contributed by atoms with Crippen LogP contribution in [0.25, 0.3) is 0 Å². The topological polar surface area (TPSA) is 52.6 Å². The Morgan fingerprint density at radius 3 is 2.68 bits per heavy atom. The summed E-state index contributed by atoms with van der Waals surface area (Å²) in [6, 6.07) is 19.3. The van der Waals surface area contributed by atoms with Crippen molar-refractivity contribution in [3.05, 3.63) is 65.7 Å². The smallest absolute Gasteiger partial charge is 0.310 e. The molecule has 2 heterocycles. The standard InChI is InChI=1S/C26H31NO3S/c1-3-30-25(28)20-16-22-23-15-18-9-7-8-12-21(18)26(22,17-24(20)27(23)2)13-14-31(29)19-10-5-4-6-11-19/h4-12,20,22-24H,3,13-17H2,1-2H3/t20?,22?,23?,24?,26-,31?/m1/s1. The number of rotatable bonds is 6. The zero-order chi connectivity index (χ0) is 21.6. The van der Waals surface area contributed by atoms with Crippen LogP contribution in [0.2, 0.25) is 0 Å². The Bertz CT molecular complexity index is 951. The molecule has 3 fully saturated rings. The number of nitrogens with zero attached hydrogens (tertiary/aromatic N) is 1. The molecular weight excluding hydrogens is 406 g/mol. The highest BCUT2D eigenvalue weighted by Gasteiger charge is 2.62. The summed E-state index contributed by atoms with van der Waals surface area (Å²) in [5.41, 5.74) is 2.85. The maximum atomic E-state index is 13.1. The van der Waals surface area contributed by atoms with Crippen LogP contribution in [0.5, 0.6) is 0 Å². The van der Waals surface area contributed by atoms with Gasteiger partial charge in [0.25, 0.3) is 0 Å². The molecule has 0 N–H and O–H groups in total. The third kappa shape index (κ3) is 3.42. The average Bonchev–Trinajstić information content (AvgIpc) is 2.80. The van der Waals surface area contributed by atoms with Crippen LogP contribution in [0.1, 0.15) is 37.3 Å². The quantitative estimate of drug-likeness (QED) is 0.507. The highest BCUT2D eigenvalue weighted by atomic mass is 32.2. The van der Waals surface area contributed by atoms with Crippen molar-refractivity contribution in [1.29, 1.82) is 0 Å². The fourth-order valence-corrected chi connectivity index (χ4v) is 7.95. The molecular formula is C26H31NO3S.